The van der Waals surface area contributed by atoms with Crippen LogP contribution in [-0.2, 0) is 0 Å². The molecule has 0 unspecified atom stereocenters. The number of nitrogens with one attached hydrogen (secondary N) is 1. The number of aromatic amines is 1. The first kappa shape index (κ1) is 12.9. The number of rotatable bonds is 2. The van der Waals surface area contributed by atoms with Gasteiger partial charge in [-0.15, -0.1) is 0 Å². The summed E-state index contributed by atoms with van der Waals surface area (Å²) in [5, 5.41) is 0. The molecule has 0 radical (unpaired) electrons. The first-order valence-electron chi connectivity index (χ1n) is 6.95. The van der Waals surface area contributed by atoms with Gasteiger partial charge in [0.2, 0.25) is 0 Å². The third-order valence-electron chi connectivity index (χ3n) is 3.85. The fraction of sp³-hybridized carbons (Fsp3) is 0.312. The van der Waals surface area contributed by atoms with Crippen molar-refractivity contribution in [3.63, 3.8) is 0 Å². The smallest absolute Gasteiger partial charge is 0.270 e. The van der Waals surface area contributed by atoms with Gasteiger partial charge in [-0.25, -0.2) is 4.39 Å². The van der Waals surface area contributed by atoms with Crippen LogP contribution in [0.4, 0.5) is 4.39 Å². The minimum absolute atomic E-state index is 0.0176. The summed E-state index contributed by atoms with van der Waals surface area (Å²) < 4.78 is 13.0. The largest absolute Gasteiger partial charge is 0.357 e. The molecule has 1 fully saturated rings. The Labute approximate surface area is 117 Å². The van der Waals surface area contributed by atoms with Gasteiger partial charge < -0.3 is 9.88 Å². The molecule has 2 aromatic rings. The van der Waals surface area contributed by atoms with E-state index in [0.717, 1.165) is 31.4 Å². The fourth-order valence-corrected chi connectivity index (χ4v) is 2.82. The van der Waals surface area contributed by atoms with Gasteiger partial charge >= 0.3 is 0 Å². The molecule has 1 aromatic heterocycles. The van der Waals surface area contributed by atoms with E-state index in [1.807, 2.05) is 11.0 Å². The lowest BCUT2D eigenvalue weighted by molar-refractivity contribution is 0.0606. The van der Waals surface area contributed by atoms with Crippen LogP contribution in [0.25, 0.3) is 0 Å². The minimum atomic E-state index is -0.244. The number of amides is 1. The molecule has 0 bridgehead atoms. The molecule has 1 aliphatic heterocycles. The van der Waals surface area contributed by atoms with Crippen LogP contribution in [-0.4, -0.2) is 22.3 Å². The van der Waals surface area contributed by atoms with Gasteiger partial charge in [0, 0.05) is 12.7 Å². The number of benzene rings is 1. The van der Waals surface area contributed by atoms with Crippen molar-refractivity contribution in [3.05, 3.63) is 59.7 Å². The molecule has 20 heavy (non-hydrogen) atoms. The first-order chi connectivity index (χ1) is 9.75. The summed E-state index contributed by atoms with van der Waals surface area (Å²) in [5.74, 6) is -0.226. The monoisotopic (exact) mass is 272 g/mol. The second kappa shape index (κ2) is 5.49. The average Bonchev–Trinajstić information content (AvgIpc) is 3.02. The van der Waals surface area contributed by atoms with Crippen LogP contribution in [0.3, 0.4) is 0 Å². The molecule has 1 aromatic carbocycles. The van der Waals surface area contributed by atoms with Crippen LogP contribution in [0.1, 0.15) is 41.4 Å². The Bertz CT molecular complexity index is 577. The number of likely N-dealkylation sites (tertiary alicyclic amines) is 1. The Hall–Kier alpha value is -2.10. The van der Waals surface area contributed by atoms with E-state index in [-0.39, 0.29) is 17.8 Å². The first-order valence-corrected chi connectivity index (χ1v) is 6.95. The molecule has 2 heterocycles. The molecular formula is C16H17FN2O. The van der Waals surface area contributed by atoms with Crippen LogP contribution >= 0.6 is 0 Å². The maximum absolute atomic E-state index is 13.0. The number of carbonyl (C=O) groups is 1. The minimum Gasteiger partial charge on any atom is -0.357 e. The zero-order chi connectivity index (χ0) is 13.9. The molecule has 0 aliphatic carbocycles. The number of hydrogen-bond acceptors (Lipinski definition) is 1. The van der Waals surface area contributed by atoms with Crippen molar-refractivity contribution in [3.8, 4) is 0 Å². The van der Waals surface area contributed by atoms with Gasteiger partial charge in [0.05, 0.1) is 6.04 Å². The molecule has 1 amide bonds. The van der Waals surface area contributed by atoms with Crippen molar-refractivity contribution in [2.24, 2.45) is 0 Å². The number of hydrogen-bond donors (Lipinski definition) is 1. The normalized spacial score (nSPS) is 19.1. The Balaban J connectivity index is 1.87. The van der Waals surface area contributed by atoms with Crippen molar-refractivity contribution >= 4 is 5.91 Å². The van der Waals surface area contributed by atoms with Gasteiger partial charge in [0.15, 0.2) is 0 Å². The van der Waals surface area contributed by atoms with E-state index in [9.17, 15) is 9.18 Å². The maximum Gasteiger partial charge on any atom is 0.270 e. The third-order valence-corrected chi connectivity index (χ3v) is 3.85. The predicted molar refractivity (Wildman–Crippen MR) is 74.8 cm³/mol. The highest BCUT2D eigenvalue weighted by Gasteiger charge is 2.28. The molecule has 1 atom stereocenters. The highest BCUT2D eigenvalue weighted by Crippen LogP contribution is 2.31. The maximum atomic E-state index is 13.0. The molecule has 1 aliphatic rings. The number of piperidine rings is 1. The van der Waals surface area contributed by atoms with E-state index in [0.29, 0.717) is 5.69 Å². The van der Waals surface area contributed by atoms with Gasteiger partial charge in [-0.1, -0.05) is 12.1 Å². The van der Waals surface area contributed by atoms with E-state index in [1.165, 1.54) is 12.1 Å². The number of H-pyrrole nitrogens is 1. The van der Waals surface area contributed by atoms with Crippen molar-refractivity contribution in [2.45, 2.75) is 25.3 Å². The topological polar surface area (TPSA) is 36.1 Å². The summed E-state index contributed by atoms with van der Waals surface area (Å²) in [6.07, 6.45) is 4.79. The van der Waals surface area contributed by atoms with Crippen LogP contribution in [0.15, 0.2) is 42.6 Å². The van der Waals surface area contributed by atoms with Crippen molar-refractivity contribution in [2.75, 3.05) is 6.54 Å². The van der Waals surface area contributed by atoms with Crippen LogP contribution in [0.5, 0.6) is 0 Å². The Morgan fingerprint density at radius 2 is 2.00 bits per heavy atom. The second-order valence-electron chi connectivity index (χ2n) is 5.15. The summed E-state index contributed by atoms with van der Waals surface area (Å²) in [4.78, 5) is 17.4. The van der Waals surface area contributed by atoms with Gasteiger partial charge in [-0.05, 0) is 49.1 Å². The molecule has 4 heteroatoms. The van der Waals surface area contributed by atoms with Gasteiger partial charge in [0.1, 0.15) is 11.5 Å². The lowest BCUT2D eigenvalue weighted by Crippen LogP contribution is -2.38. The Morgan fingerprint density at radius 3 is 2.70 bits per heavy atom. The molecular weight excluding hydrogens is 255 g/mol. The second-order valence-corrected chi connectivity index (χ2v) is 5.15. The average molecular weight is 272 g/mol. The van der Waals surface area contributed by atoms with Crippen LogP contribution in [0.2, 0.25) is 0 Å². The molecule has 104 valence electrons. The van der Waals surface area contributed by atoms with E-state index >= 15 is 0 Å². The molecule has 1 saturated heterocycles. The molecule has 3 nitrogen and oxygen atoms in total. The number of halogens is 1. The lowest BCUT2D eigenvalue weighted by Gasteiger charge is -2.36. The highest BCUT2D eigenvalue weighted by molar-refractivity contribution is 5.92. The summed E-state index contributed by atoms with van der Waals surface area (Å²) in [6, 6.07) is 10.1. The zero-order valence-corrected chi connectivity index (χ0v) is 11.2. The Morgan fingerprint density at radius 1 is 1.20 bits per heavy atom. The zero-order valence-electron chi connectivity index (χ0n) is 11.2. The predicted octanol–water partition coefficient (Wildman–Crippen LogP) is 3.52. The van der Waals surface area contributed by atoms with Gasteiger partial charge in [0.25, 0.3) is 5.91 Å². The van der Waals surface area contributed by atoms with Crippen LogP contribution in [0, 0.1) is 5.82 Å². The van der Waals surface area contributed by atoms with Gasteiger partial charge in [-0.3, -0.25) is 4.79 Å². The summed E-state index contributed by atoms with van der Waals surface area (Å²) in [7, 11) is 0. The van der Waals surface area contributed by atoms with Crippen molar-refractivity contribution in [1.29, 1.82) is 0 Å². The summed E-state index contributed by atoms with van der Waals surface area (Å²) in [5.41, 5.74) is 1.62. The molecule has 3 rings (SSSR count). The van der Waals surface area contributed by atoms with Crippen molar-refractivity contribution < 1.29 is 9.18 Å². The SMILES string of the molecule is O=C(c1ccc[nH]1)N1CCCC[C@H]1c1ccc(F)cc1. The third kappa shape index (κ3) is 2.46. The van der Waals surface area contributed by atoms with E-state index < -0.39 is 0 Å². The fourth-order valence-electron chi connectivity index (χ4n) is 2.82. The summed E-state index contributed by atoms with van der Waals surface area (Å²) in [6.45, 7) is 0.750. The van der Waals surface area contributed by atoms with E-state index in [1.54, 1.807) is 24.4 Å². The number of carbonyl (C=O) groups excluding carboxylic acids is 1. The molecule has 1 N–H and O–H groups in total. The van der Waals surface area contributed by atoms with E-state index in [4.69, 9.17) is 0 Å². The van der Waals surface area contributed by atoms with Crippen molar-refractivity contribution in [1.82, 2.24) is 9.88 Å². The molecule has 0 saturated carbocycles. The number of nitrogens with zero attached hydrogens (tertiary/aromatic N) is 1. The van der Waals surface area contributed by atoms with Gasteiger partial charge in [-0.2, -0.15) is 0 Å². The number of aromatic nitrogens is 1. The summed E-state index contributed by atoms with van der Waals surface area (Å²) >= 11 is 0. The van der Waals surface area contributed by atoms with E-state index in [2.05, 4.69) is 4.98 Å². The standard InChI is InChI=1S/C16H17FN2O/c17-13-8-6-12(7-9-13)15-5-1-2-11-19(15)16(20)14-4-3-10-18-14/h3-4,6-10,15,18H,1-2,5,11H2/t15-/m0/s1. The quantitative estimate of drug-likeness (QED) is 0.892. The Kier molecular flexibility index (Phi) is 3.54. The van der Waals surface area contributed by atoms with Crippen LogP contribution < -0.4 is 0 Å². The highest BCUT2D eigenvalue weighted by atomic mass is 19.1. The lowest BCUT2D eigenvalue weighted by atomic mass is 9.95. The molecule has 0 spiro atoms.